The summed E-state index contributed by atoms with van der Waals surface area (Å²) in [6.45, 7) is 0.232. The molecule has 1 aromatic carbocycles. The standard InChI is InChI=1S/C14H17NO4/c1-17-13(16)14(5-2-6-14)12(15)9-3-4-10-11(7-9)19-8-18-10/h3-4,7,12H,2,5-6,8,15H2,1H3. The summed E-state index contributed by atoms with van der Waals surface area (Å²) in [6.07, 6.45) is 2.55. The number of rotatable bonds is 3. The van der Waals surface area contributed by atoms with Gasteiger partial charge in [-0.3, -0.25) is 4.79 Å². The number of nitrogens with two attached hydrogens (primary N) is 1. The molecular weight excluding hydrogens is 246 g/mol. The molecule has 0 aromatic heterocycles. The molecule has 1 aliphatic carbocycles. The lowest BCUT2D eigenvalue weighted by atomic mass is 9.62. The molecule has 1 aliphatic heterocycles. The van der Waals surface area contributed by atoms with E-state index in [0.717, 1.165) is 30.6 Å². The third-order valence-corrected chi connectivity index (χ3v) is 4.19. The zero-order chi connectivity index (χ0) is 13.5. The summed E-state index contributed by atoms with van der Waals surface area (Å²) < 4.78 is 15.5. The predicted octanol–water partition coefficient (Wildman–Crippen LogP) is 1.76. The van der Waals surface area contributed by atoms with Crippen molar-refractivity contribution in [2.45, 2.75) is 25.3 Å². The van der Waals surface area contributed by atoms with Crippen LogP contribution in [0.4, 0.5) is 0 Å². The van der Waals surface area contributed by atoms with Crippen molar-refractivity contribution in [3.8, 4) is 11.5 Å². The van der Waals surface area contributed by atoms with Crippen LogP contribution in [0.1, 0.15) is 30.9 Å². The first-order chi connectivity index (χ1) is 9.17. The summed E-state index contributed by atoms with van der Waals surface area (Å²) >= 11 is 0. The van der Waals surface area contributed by atoms with Gasteiger partial charge in [0.05, 0.1) is 12.5 Å². The molecule has 3 rings (SSSR count). The van der Waals surface area contributed by atoms with Gasteiger partial charge in [-0.2, -0.15) is 0 Å². The molecular formula is C14H17NO4. The minimum Gasteiger partial charge on any atom is -0.469 e. The Morgan fingerprint density at radius 2 is 2.11 bits per heavy atom. The van der Waals surface area contributed by atoms with Gasteiger partial charge in [-0.1, -0.05) is 12.5 Å². The summed E-state index contributed by atoms with van der Waals surface area (Å²) in [4.78, 5) is 12.0. The van der Waals surface area contributed by atoms with Crippen LogP contribution in [0.3, 0.4) is 0 Å². The number of ether oxygens (including phenoxy) is 3. The Bertz CT molecular complexity index is 510. The second-order valence-corrected chi connectivity index (χ2v) is 5.09. The summed E-state index contributed by atoms with van der Waals surface area (Å²) in [5.41, 5.74) is 6.61. The van der Waals surface area contributed by atoms with Crippen molar-refractivity contribution in [1.82, 2.24) is 0 Å². The maximum absolute atomic E-state index is 12.0. The van der Waals surface area contributed by atoms with E-state index in [2.05, 4.69) is 0 Å². The van der Waals surface area contributed by atoms with Crippen molar-refractivity contribution in [1.29, 1.82) is 0 Å². The van der Waals surface area contributed by atoms with E-state index in [1.54, 1.807) is 0 Å². The number of hydrogen-bond acceptors (Lipinski definition) is 5. The summed E-state index contributed by atoms with van der Waals surface area (Å²) in [6, 6.07) is 5.21. The van der Waals surface area contributed by atoms with Crippen LogP contribution in [0.2, 0.25) is 0 Å². The van der Waals surface area contributed by atoms with E-state index in [9.17, 15) is 4.79 Å². The molecule has 5 nitrogen and oxygen atoms in total. The molecule has 0 spiro atoms. The summed E-state index contributed by atoms with van der Waals surface area (Å²) in [7, 11) is 1.41. The zero-order valence-electron chi connectivity index (χ0n) is 10.8. The molecule has 0 saturated heterocycles. The first-order valence-electron chi connectivity index (χ1n) is 6.41. The minimum absolute atomic E-state index is 0.219. The number of methoxy groups -OCH3 is 1. The van der Waals surface area contributed by atoms with Crippen LogP contribution in [0.5, 0.6) is 11.5 Å². The Morgan fingerprint density at radius 3 is 2.74 bits per heavy atom. The van der Waals surface area contributed by atoms with Crippen LogP contribution in [-0.2, 0) is 9.53 Å². The molecule has 102 valence electrons. The van der Waals surface area contributed by atoms with Crippen molar-refractivity contribution in [3.63, 3.8) is 0 Å². The van der Waals surface area contributed by atoms with Gasteiger partial charge in [-0.25, -0.2) is 0 Å². The van der Waals surface area contributed by atoms with E-state index in [4.69, 9.17) is 19.9 Å². The number of hydrogen-bond donors (Lipinski definition) is 1. The van der Waals surface area contributed by atoms with Gasteiger partial charge in [0.15, 0.2) is 11.5 Å². The molecule has 1 fully saturated rings. The van der Waals surface area contributed by atoms with E-state index in [0.29, 0.717) is 5.75 Å². The van der Waals surface area contributed by atoms with Crippen molar-refractivity contribution in [2.75, 3.05) is 13.9 Å². The molecule has 1 unspecified atom stereocenters. The van der Waals surface area contributed by atoms with Gasteiger partial charge in [0.25, 0.3) is 0 Å². The highest BCUT2D eigenvalue weighted by molar-refractivity contribution is 5.79. The van der Waals surface area contributed by atoms with Gasteiger partial charge in [0, 0.05) is 6.04 Å². The quantitative estimate of drug-likeness (QED) is 0.841. The first kappa shape index (κ1) is 12.3. The molecule has 2 aliphatic rings. The minimum atomic E-state index is -0.581. The molecule has 1 heterocycles. The van der Waals surface area contributed by atoms with Crippen molar-refractivity contribution in [3.05, 3.63) is 23.8 Å². The summed E-state index contributed by atoms with van der Waals surface area (Å²) in [5.74, 6) is 1.19. The third kappa shape index (κ3) is 1.76. The summed E-state index contributed by atoms with van der Waals surface area (Å²) in [5, 5.41) is 0. The topological polar surface area (TPSA) is 70.8 Å². The van der Waals surface area contributed by atoms with Gasteiger partial charge in [0.1, 0.15) is 0 Å². The molecule has 0 amide bonds. The number of benzene rings is 1. The van der Waals surface area contributed by atoms with Crippen LogP contribution in [0.25, 0.3) is 0 Å². The number of carbonyl (C=O) groups excluding carboxylic acids is 1. The number of carbonyl (C=O) groups is 1. The number of esters is 1. The number of fused-ring (bicyclic) bond motifs is 1. The first-order valence-corrected chi connectivity index (χ1v) is 6.41. The van der Waals surface area contributed by atoms with Crippen LogP contribution >= 0.6 is 0 Å². The van der Waals surface area contributed by atoms with E-state index < -0.39 is 5.41 Å². The Kier molecular flexibility index (Phi) is 2.86. The second kappa shape index (κ2) is 4.42. The zero-order valence-corrected chi connectivity index (χ0v) is 10.8. The largest absolute Gasteiger partial charge is 0.469 e. The van der Waals surface area contributed by atoms with Gasteiger partial charge in [-0.05, 0) is 30.5 Å². The Balaban J connectivity index is 1.91. The van der Waals surface area contributed by atoms with Gasteiger partial charge in [-0.15, -0.1) is 0 Å². The highest BCUT2D eigenvalue weighted by atomic mass is 16.7. The molecule has 0 bridgehead atoms. The predicted molar refractivity (Wildman–Crippen MR) is 67.8 cm³/mol. The Morgan fingerprint density at radius 1 is 1.37 bits per heavy atom. The highest BCUT2D eigenvalue weighted by Crippen LogP contribution is 2.51. The van der Waals surface area contributed by atoms with E-state index in [1.807, 2.05) is 18.2 Å². The lowest BCUT2D eigenvalue weighted by Gasteiger charge is -2.43. The maximum Gasteiger partial charge on any atom is 0.313 e. The van der Waals surface area contributed by atoms with Crippen molar-refractivity contribution >= 4 is 5.97 Å². The van der Waals surface area contributed by atoms with Crippen LogP contribution in [0, 0.1) is 5.41 Å². The second-order valence-electron chi connectivity index (χ2n) is 5.09. The molecule has 1 aromatic rings. The average Bonchev–Trinajstić information content (AvgIpc) is 2.84. The normalized spacial score (nSPS) is 20.5. The smallest absolute Gasteiger partial charge is 0.313 e. The monoisotopic (exact) mass is 263 g/mol. The Labute approximate surface area is 111 Å². The SMILES string of the molecule is COC(=O)C1(C(N)c2ccc3c(c2)OCO3)CCC1. The lowest BCUT2D eigenvalue weighted by molar-refractivity contribution is -0.160. The molecule has 1 atom stereocenters. The van der Waals surface area contributed by atoms with Crippen LogP contribution in [0.15, 0.2) is 18.2 Å². The van der Waals surface area contributed by atoms with Gasteiger partial charge in [0.2, 0.25) is 6.79 Å². The highest BCUT2D eigenvalue weighted by Gasteiger charge is 2.50. The van der Waals surface area contributed by atoms with Crippen molar-refractivity contribution < 1.29 is 19.0 Å². The maximum atomic E-state index is 12.0. The average molecular weight is 263 g/mol. The third-order valence-electron chi connectivity index (χ3n) is 4.19. The molecule has 19 heavy (non-hydrogen) atoms. The van der Waals surface area contributed by atoms with E-state index in [-0.39, 0.29) is 18.8 Å². The molecule has 2 N–H and O–H groups in total. The van der Waals surface area contributed by atoms with Crippen LogP contribution in [-0.4, -0.2) is 19.9 Å². The van der Waals surface area contributed by atoms with E-state index in [1.165, 1.54) is 7.11 Å². The van der Waals surface area contributed by atoms with Crippen LogP contribution < -0.4 is 15.2 Å². The fourth-order valence-corrected chi connectivity index (χ4v) is 2.83. The molecule has 0 radical (unpaired) electrons. The van der Waals surface area contributed by atoms with Gasteiger partial charge >= 0.3 is 5.97 Å². The fraction of sp³-hybridized carbons (Fsp3) is 0.500. The fourth-order valence-electron chi connectivity index (χ4n) is 2.83. The molecule has 1 saturated carbocycles. The van der Waals surface area contributed by atoms with Crippen molar-refractivity contribution in [2.24, 2.45) is 11.1 Å². The van der Waals surface area contributed by atoms with Gasteiger partial charge < -0.3 is 19.9 Å². The molecule has 5 heteroatoms. The lowest BCUT2D eigenvalue weighted by Crippen LogP contribution is -2.47. The van der Waals surface area contributed by atoms with E-state index >= 15 is 0 Å². The Hall–Kier alpha value is -1.75.